The Morgan fingerprint density at radius 2 is 1.76 bits per heavy atom. The first-order valence-electron chi connectivity index (χ1n) is 6.63. The molecule has 1 aromatic carbocycles. The van der Waals surface area contributed by atoms with Crippen LogP contribution in [0, 0.1) is 6.92 Å². The summed E-state index contributed by atoms with van der Waals surface area (Å²) in [5, 5.41) is 0. The molecule has 0 spiro atoms. The zero-order valence-electron chi connectivity index (χ0n) is 11.0. The van der Waals surface area contributed by atoms with Gasteiger partial charge in [-0.3, -0.25) is 0 Å². The van der Waals surface area contributed by atoms with Gasteiger partial charge in [0, 0.05) is 0 Å². The molecule has 17 heavy (non-hydrogen) atoms. The minimum Gasteiger partial charge on any atom is -0.492 e. The van der Waals surface area contributed by atoms with E-state index in [0.29, 0.717) is 0 Å². The van der Waals surface area contributed by atoms with Crippen LogP contribution in [-0.2, 0) is 0 Å². The van der Waals surface area contributed by atoms with Crippen molar-refractivity contribution in [2.24, 2.45) is 0 Å². The van der Waals surface area contributed by atoms with E-state index in [4.69, 9.17) is 4.74 Å². The number of aryl methyl sites for hydroxylation is 1. The minimum absolute atomic E-state index is 0.827. The predicted octanol–water partition coefficient (Wildman–Crippen LogP) is 5.50. The second-order valence-electron chi connectivity index (χ2n) is 4.55. The van der Waals surface area contributed by atoms with Crippen molar-refractivity contribution in [2.45, 2.75) is 52.4 Å². The molecule has 0 fully saturated rings. The van der Waals surface area contributed by atoms with E-state index in [-0.39, 0.29) is 0 Å². The second kappa shape index (κ2) is 8.57. The highest BCUT2D eigenvalue weighted by Crippen LogP contribution is 2.25. The minimum atomic E-state index is 0.827. The topological polar surface area (TPSA) is 9.23 Å². The van der Waals surface area contributed by atoms with Crippen LogP contribution in [0.15, 0.2) is 22.7 Å². The molecule has 96 valence electrons. The summed E-state index contributed by atoms with van der Waals surface area (Å²) >= 11 is 3.53. The van der Waals surface area contributed by atoms with E-state index in [9.17, 15) is 0 Å². The summed E-state index contributed by atoms with van der Waals surface area (Å²) in [5.41, 5.74) is 1.25. The van der Waals surface area contributed by atoms with Crippen LogP contribution >= 0.6 is 15.9 Å². The highest BCUT2D eigenvalue weighted by Gasteiger charge is 2.00. The van der Waals surface area contributed by atoms with Crippen LogP contribution in [0.2, 0.25) is 0 Å². The number of ether oxygens (including phenoxy) is 1. The lowest BCUT2D eigenvalue weighted by molar-refractivity contribution is 0.302. The van der Waals surface area contributed by atoms with Crippen molar-refractivity contribution < 1.29 is 4.74 Å². The van der Waals surface area contributed by atoms with Gasteiger partial charge in [-0.05, 0) is 47.0 Å². The van der Waals surface area contributed by atoms with E-state index in [1.54, 1.807) is 0 Å². The number of hydrogen-bond donors (Lipinski definition) is 0. The van der Waals surface area contributed by atoms with Gasteiger partial charge in [0.05, 0.1) is 11.1 Å². The van der Waals surface area contributed by atoms with Gasteiger partial charge in [0.15, 0.2) is 0 Å². The Labute approximate surface area is 114 Å². The first kappa shape index (κ1) is 14.6. The molecule has 0 amide bonds. The first-order chi connectivity index (χ1) is 8.24. The number of halogens is 1. The van der Waals surface area contributed by atoms with E-state index in [0.717, 1.165) is 23.2 Å². The summed E-state index contributed by atoms with van der Waals surface area (Å²) in [4.78, 5) is 0. The summed E-state index contributed by atoms with van der Waals surface area (Å²) in [6.07, 6.45) is 7.82. The smallest absolute Gasteiger partial charge is 0.133 e. The fourth-order valence-electron chi connectivity index (χ4n) is 1.79. The van der Waals surface area contributed by atoms with Crippen molar-refractivity contribution in [1.29, 1.82) is 0 Å². The first-order valence-corrected chi connectivity index (χ1v) is 7.42. The van der Waals surface area contributed by atoms with Crippen molar-refractivity contribution in [3.05, 3.63) is 28.2 Å². The molecule has 0 aliphatic carbocycles. The van der Waals surface area contributed by atoms with E-state index in [1.165, 1.54) is 37.7 Å². The fourth-order valence-corrected chi connectivity index (χ4v) is 2.40. The highest BCUT2D eigenvalue weighted by atomic mass is 79.9. The largest absolute Gasteiger partial charge is 0.492 e. The van der Waals surface area contributed by atoms with Gasteiger partial charge in [-0.15, -0.1) is 0 Å². The molecule has 1 aromatic rings. The maximum atomic E-state index is 5.75. The van der Waals surface area contributed by atoms with Gasteiger partial charge < -0.3 is 4.74 Å². The Morgan fingerprint density at radius 1 is 1.06 bits per heavy atom. The van der Waals surface area contributed by atoms with E-state index >= 15 is 0 Å². The summed E-state index contributed by atoms with van der Waals surface area (Å²) in [7, 11) is 0. The Morgan fingerprint density at radius 3 is 2.47 bits per heavy atom. The molecule has 0 bridgehead atoms. The van der Waals surface area contributed by atoms with Crippen molar-refractivity contribution in [1.82, 2.24) is 0 Å². The SMILES string of the molecule is CCCCCCCCOc1ccc(C)cc1Br. The molecule has 1 rings (SSSR count). The maximum absolute atomic E-state index is 5.75. The average molecular weight is 299 g/mol. The van der Waals surface area contributed by atoms with Crippen LogP contribution in [0.4, 0.5) is 0 Å². The Hall–Kier alpha value is -0.500. The predicted molar refractivity (Wildman–Crippen MR) is 77.8 cm³/mol. The third-order valence-corrected chi connectivity index (χ3v) is 3.46. The van der Waals surface area contributed by atoms with Gasteiger partial charge in [0.2, 0.25) is 0 Å². The molecular weight excluding hydrogens is 276 g/mol. The van der Waals surface area contributed by atoms with Crippen LogP contribution in [-0.4, -0.2) is 6.61 Å². The molecule has 0 aliphatic heterocycles. The molecule has 0 saturated heterocycles. The van der Waals surface area contributed by atoms with Gasteiger partial charge >= 0.3 is 0 Å². The van der Waals surface area contributed by atoms with E-state index in [2.05, 4.69) is 41.9 Å². The summed E-state index contributed by atoms with van der Waals surface area (Å²) in [5.74, 6) is 0.962. The quantitative estimate of drug-likeness (QED) is 0.576. The monoisotopic (exact) mass is 298 g/mol. The number of benzene rings is 1. The van der Waals surface area contributed by atoms with Crippen LogP contribution in [0.25, 0.3) is 0 Å². The molecule has 0 aliphatic rings. The lowest BCUT2D eigenvalue weighted by Crippen LogP contribution is -1.98. The van der Waals surface area contributed by atoms with Gasteiger partial charge in [-0.2, -0.15) is 0 Å². The van der Waals surface area contributed by atoms with E-state index in [1.807, 2.05) is 6.07 Å². The van der Waals surface area contributed by atoms with Crippen LogP contribution in [0.5, 0.6) is 5.75 Å². The lowest BCUT2D eigenvalue weighted by Gasteiger charge is -2.08. The molecule has 0 saturated carbocycles. The summed E-state index contributed by atoms with van der Waals surface area (Å²) in [6, 6.07) is 6.22. The molecule has 0 atom stereocenters. The van der Waals surface area contributed by atoms with Crippen LogP contribution in [0.1, 0.15) is 51.0 Å². The summed E-state index contributed by atoms with van der Waals surface area (Å²) < 4.78 is 6.81. The third-order valence-electron chi connectivity index (χ3n) is 2.84. The lowest BCUT2D eigenvalue weighted by atomic mass is 10.1. The van der Waals surface area contributed by atoms with Crippen molar-refractivity contribution in [2.75, 3.05) is 6.61 Å². The molecule has 0 aromatic heterocycles. The van der Waals surface area contributed by atoms with Gasteiger partial charge in [0.25, 0.3) is 0 Å². The molecule has 0 unspecified atom stereocenters. The van der Waals surface area contributed by atoms with Gasteiger partial charge in [-0.25, -0.2) is 0 Å². The maximum Gasteiger partial charge on any atom is 0.133 e. The molecule has 1 nitrogen and oxygen atoms in total. The van der Waals surface area contributed by atoms with Crippen molar-refractivity contribution in [3.63, 3.8) is 0 Å². The Balaban J connectivity index is 2.14. The molecule has 0 N–H and O–H groups in total. The van der Waals surface area contributed by atoms with Gasteiger partial charge in [-0.1, -0.05) is 45.1 Å². The molecule has 0 radical (unpaired) electrons. The number of rotatable bonds is 8. The van der Waals surface area contributed by atoms with Gasteiger partial charge in [0.1, 0.15) is 5.75 Å². The van der Waals surface area contributed by atoms with Crippen LogP contribution < -0.4 is 4.74 Å². The normalized spacial score (nSPS) is 10.5. The number of hydrogen-bond acceptors (Lipinski definition) is 1. The second-order valence-corrected chi connectivity index (χ2v) is 5.40. The van der Waals surface area contributed by atoms with Crippen LogP contribution in [0.3, 0.4) is 0 Å². The fraction of sp³-hybridized carbons (Fsp3) is 0.600. The highest BCUT2D eigenvalue weighted by molar-refractivity contribution is 9.10. The van der Waals surface area contributed by atoms with E-state index < -0.39 is 0 Å². The number of unbranched alkanes of at least 4 members (excludes halogenated alkanes) is 5. The zero-order chi connectivity index (χ0) is 12.5. The Kier molecular flexibility index (Phi) is 7.34. The summed E-state index contributed by atoms with van der Waals surface area (Å²) in [6.45, 7) is 5.16. The van der Waals surface area contributed by atoms with Crippen molar-refractivity contribution in [3.8, 4) is 5.75 Å². The molecular formula is C15H23BrO. The molecule has 0 heterocycles. The average Bonchev–Trinajstić information content (AvgIpc) is 2.30. The Bertz CT molecular complexity index is 323. The van der Waals surface area contributed by atoms with Crippen molar-refractivity contribution >= 4 is 15.9 Å². The standard InChI is InChI=1S/C15H23BrO/c1-3-4-5-6-7-8-11-17-15-10-9-13(2)12-14(15)16/h9-10,12H,3-8,11H2,1-2H3. The third kappa shape index (κ3) is 6.11. The molecule has 2 heteroatoms. The zero-order valence-corrected chi connectivity index (χ0v) is 12.6.